The second-order valence-electron chi connectivity index (χ2n) is 13.7. The van der Waals surface area contributed by atoms with Crippen molar-refractivity contribution in [2.24, 2.45) is 16.6 Å². The summed E-state index contributed by atoms with van der Waals surface area (Å²) in [6, 6.07) is 10.4. The van der Waals surface area contributed by atoms with Gasteiger partial charge in [-0.25, -0.2) is 8.78 Å². The van der Waals surface area contributed by atoms with Crippen molar-refractivity contribution in [3.63, 3.8) is 0 Å². The second kappa shape index (κ2) is 18.3. The summed E-state index contributed by atoms with van der Waals surface area (Å²) in [4.78, 5) is 15.5. The molecule has 286 valence electrons. The first kappa shape index (κ1) is 40.1. The lowest BCUT2D eigenvalue weighted by Crippen LogP contribution is -2.33. The molecule has 4 N–H and O–H groups in total. The minimum atomic E-state index is -0.565. The van der Waals surface area contributed by atoms with Crippen molar-refractivity contribution in [3.05, 3.63) is 116 Å². The third-order valence-electron chi connectivity index (χ3n) is 9.81. The molecule has 3 atom stereocenters. The van der Waals surface area contributed by atoms with Gasteiger partial charge in [-0.3, -0.25) is 19.4 Å². The predicted octanol–water partition coefficient (Wildman–Crippen LogP) is 6.31. The van der Waals surface area contributed by atoms with Crippen molar-refractivity contribution in [3.8, 4) is 11.6 Å². The number of likely N-dealkylation sites (N-methyl/N-ethyl adjacent to an activating group) is 1. The average molecular weight is 757 g/mol. The third-order valence-corrected chi connectivity index (χ3v) is 10.8. The molecule has 1 aliphatic carbocycles. The highest BCUT2D eigenvalue weighted by Gasteiger charge is 2.29. The highest BCUT2D eigenvalue weighted by molar-refractivity contribution is 7.07. The number of ether oxygens (including phenoxy) is 2. The summed E-state index contributed by atoms with van der Waals surface area (Å²) in [6.07, 6.45) is 11.0. The number of aliphatic imine (C=N–C) groups is 1. The molecule has 0 radical (unpaired) electrons. The van der Waals surface area contributed by atoms with Crippen LogP contribution >= 0.6 is 11.3 Å². The zero-order chi connectivity index (χ0) is 38.9. The predicted molar refractivity (Wildman–Crippen MR) is 214 cm³/mol. The number of anilines is 1. The SMILES string of the molecule is C=CC=O.CN=Cc1cc(/C(N)=c2\ccs\c2=C2/c3c(F)cc(F)cc3CC2C)c(OC/C=C/CCCC(C)Oc2cc3n(n2)CCN(C)C3C)cc1N. The fraction of sp³-hybridized carbons (Fsp3) is 0.357. The number of nitrogens with zero attached hydrogens (tertiary/aromatic N) is 4. The van der Waals surface area contributed by atoms with Crippen molar-refractivity contribution in [1.29, 1.82) is 0 Å². The maximum Gasteiger partial charge on any atom is 0.233 e. The van der Waals surface area contributed by atoms with Crippen LogP contribution in [0.4, 0.5) is 14.5 Å². The first-order valence-corrected chi connectivity index (χ1v) is 19.1. The summed E-state index contributed by atoms with van der Waals surface area (Å²) in [5.41, 5.74) is 18.9. The number of unbranched alkanes of at least 4 members (excludes halogenated alkanes) is 1. The molecule has 3 heterocycles. The zero-order valence-corrected chi connectivity index (χ0v) is 32.5. The number of rotatable bonds is 12. The van der Waals surface area contributed by atoms with Crippen molar-refractivity contribution in [2.75, 3.05) is 33.0 Å². The zero-order valence-electron chi connectivity index (χ0n) is 31.6. The number of benzene rings is 2. The molecule has 1 aliphatic heterocycles. The van der Waals surface area contributed by atoms with E-state index in [0.717, 1.165) is 53.7 Å². The fourth-order valence-corrected chi connectivity index (χ4v) is 8.01. The summed E-state index contributed by atoms with van der Waals surface area (Å²) in [7, 11) is 3.82. The van der Waals surface area contributed by atoms with E-state index in [1.807, 2.05) is 30.5 Å². The van der Waals surface area contributed by atoms with Gasteiger partial charge in [-0.05, 0) is 93.3 Å². The molecule has 3 unspecified atom stereocenters. The van der Waals surface area contributed by atoms with Gasteiger partial charge in [0.05, 0.1) is 24.0 Å². The van der Waals surface area contributed by atoms with E-state index in [4.69, 9.17) is 25.7 Å². The van der Waals surface area contributed by atoms with E-state index in [0.29, 0.717) is 70.6 Å². The van der Waals surface area contributed by atoms with Gasteiger partial charge in [0, 0.05) is 76.2 Å². The van der Waals surface area contributed by atoms with Crippen molar-refractivity contribution < 1.29 is 23.0 Å². The molecule has 0 amide bonds. The van der Waals surface area contributed by atoms with Gasteiger partial charge in [-0.2, -0.15) is 0 Å². The summed E-state index contributed by atoms with van der Waals surface area (Å²) in [5.74, 6) is 0.115. The summed E-state index contributed by atoms with van der Waals surface area (Å²) in [5, 5.41) is 7.37. The molecule has 54 heavy (non-hydrogen) atoms. The number of halogens is 2. The maximum atomic E-state index is 15.2. The lowest BCUT2D eigenvalue weighted by molar-refractivity contribution is -0.104. The number of carbonyl (C=O) groups is 1. The van der Waals surface area contributed by atoms with Crippen LogP contribution in [0.2, 0.25) is 0 Å². The average Bonchev–Trinajstić information content (AvgIpc) is 3.87. The van der Waals surface area contributed by atoms with Crippen molar-refractivity contribution >= 4 is 40.8 Å². The first-order chi connectivity index (χ1) is 26.0. The molecule has 0 saturated heterocycles. The number of hydrogen-bond acceptors (Lipinski definition) is 9. The lowest BCUT2D eigenvalue weighted by atomic mass is 9.99. The summed E-state index contributed by atoms with van der Waals surface area (Å²) >= 11 is 1.49. The van der Waals surface area contributed by atoms with Crippen LogP contribution in [-0.4, -0.2) is 60.5 Å². The Morgan fingerprint density at radius 1 is 1.19 bits per heavy atom. The van der Waals surface area contributed by atoms with Crippen LogP contribution in [0, 0.1) is 17.6 Å². The standard InChI is InChI=1S/C39H46F2N6O2S.C3H4O/c1-23-16-26-17-28(40)19-31(41)37(26)36(23)39-29(11-15-50-39)38(43)30-18-27(22-44-4)32(42)20-34(30)48-14-9-7-6-8-10-24(2)49-35-21-33-25(3)46(5)12-13-47(33)45-35;1-2-3-4/h7,9,11,15,17-25H,6,8,10,12-14,16,42-43H2,1-5H3;2-3H,1H2/b9-7+,38-29-,39-36-,44-22?;. The molecule has 9 nitrogen and oxygen atoms in total. The summed E-state index contributed by atoms with van der Waals surface area (Å²) in [6.45, 7) is 11.6. The van der Waals surface area contributed by atoms with Gasteiger partial charge in [0.25, 0.3) is 0 Å². The Kier molecular flexibility index (Phi) is 13.6. The van der Waals surface area contributed by atoms with E-state index >= 15 is 4.39 Å². The molecule has 0 spiro atoms. The minimum Gasteiger partial charge on any atom is -0.489 e. The van der Waals surface area contributed by atoms with Gasteiger partial charge in [0.2, 0.25) is 5.88 Å². The Labute approximate surface area is 320 Å². The normalized spacial score (nSPS) is 18.9. The fourth-order valence-electron chi connectivity index (χ4n) is 6.94. The van der Waals surface area contributed by atoms with Crippen molar-refractivity contribution in [1.82, 2.24) is 14.7 Å². The van der Waals surface area contributed by atoms with E-state index < -0.39 is 11.6 Å². The first-order valence-electron chi connectivity index (χ1n) is 18.2. The van der Waals surface area contributed by atoms with Crippen LogP contribution in [0.15, 0.2) is 71.6 Å². The topological polar surface area (TPSA) is 121 Å². The van der Waals surface area contributed by atoms with Crippen LogP contribution in [-0.2, 0) is 17.8 Å². The van der Waals surface area contributed by atoms with Gasteiger partial charge in [0.1, 0.15) is 30.3 Å². The molecule has 2 aromatic carbocycles. The number of fused-ring (bicyclic) bond motifs is 2. The largest absolute Gasteiger partial charge is 0.489 e. The second-order valence-corrected chi connectivity index (χ2v) is 14.6. The van der Waals surface area contributed by atoms with Crippen LogP contribution in [0.3, 0.4) is 0 Å². The number of nitrogens with two attached hydrogens (primary N) is 2. The molecule has 12 heteroatoms. The van der Waals surface area contributed by atoms with E-state index in [9.17, 15) is 4.39 Å². The quantitative estimate of drug-likeness (QED) is 0.0434. The minimum absolute atomic E-state index is 0.00157. The molecular weight excluding hydrogens is 707 g/mol. The van der Waals surface area contributed by atoms with Gasteiger partial charge < -0.3 is 20.9 Å². The Balaban J connectivity index is 0.00000133. The molecule has 0 bridgehead atoms. The van der Waals surface area contributed by atoms with Gasteiger partial charge in [0.15, 0.2) is 0 Å². The molecule has 2 aliphatic rings. The maximum absolute atomic E-state index is 15.2. The molecule has 0 saturated carbocycles. The number of nitrogen functional groups attached to an aromatic ring is 1. The molecule has 6 rings (SSSR count). The Morgan fingerprint density at radius 3 is 2.70 bits per heavy atom. The number of aromatic nitrogens is 2. The molecule has 2 aromatic heterocycles. The lowest BCUT2D eigenvalue weighted by Gasteiger charge is -2.30. The molecule has 0 fully saturated rings. The van der Waals surface area contributed by atoms with E-state index in [1.54, 1.807) is 19.3 Å². The number of aldehydes is 1. The van der Waals surface area contributed by atoms with Crippen LogP contribution < -0.4 is 30.7 Å². The van der Waals surface area contributed by atoms with Crippen LogP contribution in [0.5, 0.6) is 11.6 Å². The van der Waals surface area contributed by atoms with E-state index in [-0.39, 0.29) is 12.0 Å². The van der Waals surface area contributed by atoms with Crippen LogP contribution in [0.1, 0.15) is 74.0 Å². The van der Waals surface area contributed by atoms with Gasteiger partial charge in [-0.1, -0.05) is 25.7 Å². The number of hydrogen-bond donors (Lipinski definition) is 2. The molecular formula is C42H50F2N6O3S. The van der Waals surface area contributed by atoms with Gasteiger partial charge >= 0.3 is 0 Å². The third kappa shape index (κ3) is 9.17. The Morgan fingerprint density at radius 2 is 1.96 bits per heavy atom. The van der Waals surface area contributed by atoms with Crippen molar-refractivity contribution in [2.45, 2.75) is 65.1 Å². The van der Waals surface area contributed by atoms with Gasteiger partial charge in [-0.15, -0.1) is 16.4 Å². The smallest absolute Gasteiger partial charge is 0.233 e. The van der Waals surface area contributed by atoms with E-state index in [2.05, 4.69) is 59.3 Å². The number of allylic oxidation sites excluding steroid dienone is 2. The Hall–Kier alpha value is -5.07. The van der Waals surface area contributed by atoms with E-state index in [1.165, 1.54) is 29.2 Å². The number of thiophene rings is 1. The number of carbonyl (C=O) groups excluding carboxylic acids is 1. The molecule has 4 aromatic rings. The highest BCUT2D eigenvalue weighted by Crippen LogP contribution is 2.37. The van der Waals surface area contributed by atoms with Crippen LogP contribution in [0.25, 0.3) is 11.3 Å². The summed E-state index contributed by atoms with van der Waals surface area (Å²) < 4.78 is 44.5. The Bertz CT molecular complexity index is 2150. The monoisotopic (exact) mass is 756 g/mol. The highest BCUT2D eigenvalue weighted by atomic mass is 32.1.